The van der Waals surface area contributed by atoms with Gasteiger partial charge in [0.2, 0.25) is 0 Å². The van der Waals surface area contributed by atoms with Crippen LogP contribution in [0.3, 0.4) is 0 Å². The summed E-state index contributed by atoms with van der Waals surface area (Å²) in [5.41, 5.74) is 0.725. The van der Waals surface area contributed by atoms with E-state index in [1.165, 1.54) is 65.2 Å². The second-order valence-electron chi connectivity index (χ2n) is 6.57. The third-order valence-electron chi connectivity index (χ3n) is 4.66. The average molecular weight is 265 g/mol. The largest absolute Gasteiger partial charge is 0.317 e. The van der Waals surface area contributed by atoms with Crippen LogP contribution in [0.2, 0.25) is 0 Å². The highest BCUT2D eigenvalue weighted by molar-refractivity contribution is 5.05. The van der Waals surface area contributed by atoms with Gasteiger partial charge in [-0.3, -0.25) is 0 Å². The van der Waals surface area contributed by atoms with Gasteiger partial charge in [0.1, 0.15) is 0 Å². The van der Waals surface area contributed by atoms with E-state index in [9.17, 15) is 0 Å². The lowest BCUT2D eigenvalue weighted by molar-refractivity contribution is -0.117. The third-order valence-corrected chi connectivity index (χ3v) is 4.66. The van der Waals surface area contributed by atoms with E-state index in [4.69, 9.17) is 0 Å². The summed E-state index contributed by atoms with van der Waals surface area (Å²) in [5.74, 6) is 0.973. The Balaban J connectivity index is 0.000000408. The highest BCUT2D eigenvalue weighted by Crippen LogP contribution is 2.39. The van der Waals surface area contributed by atoms with Crippen molar-refractivity contribution in [1.29, 1.82) is 0 Å². The Hall–Kier alpha value is -0.380. The molecule has 1 N–H and O–H groups in total. The van der Waals surface area contributed by atoms with E-state index >= 15 is 0 Å². The minimum absolute atomic E-state index is 0.725. The van der Waals surface area contributed by atoms with Crippen LogP contribution in [-0.4, -0.2) is 62.2 Å². The topological polar surface area (TPSA) is 18.5 Å². The summed E-state index contributed by atoms with van der Waals surface area (Å²) >= 11 is 0. The van der Waals surface area contributed by atoms with Gasteiger partial charge in [-0.2, -0.15) is 0 Å². The molecule has 1 spiro atoms. The van der Waals surface area contributed by atoms with Gasteiger partial charge in [0.15, 0.2) is 0 Å². The molecule has 0 atom stereocenters. The molecule has 0 aromatic carbocycles. The molecule has 0 aromatic heterocycles. The van der Waals surface area contributed by atoms with Crippen molar-refractivity contribution in [2.75, 3.05) is 52.4 Å². The molecule has 0 bridgehead atoms. The summed E-state index contributed by atoms with van der Waals surface area (Å²) in [5, 5.41) is 3.45. The quantitative estimate of drug-likeness (QED) is 0.785. The number of hydrogen-bond acceptors (Lipinski definition) is 3. The predicted molar refractivity (Wildman–Crippen MR) is 82.5 cm³/mol. The van der Waals surface area contributed by atoms with E-state index in [0.717, 1.165) is 11.3 Å². The Labute approximate surface area is 119 Å². The summed E-state index contributed by atoms with van der Waals surface area (Å²) in [6.07, 6.45) is 4.54. The van der Waals surface area contributed by atoms with Crippen LogP contribution in [0.15, 0.2) is 12.7 Å². The van der Waals surface area contributed by atoms with Crippen LogP contribution in [0.4, 0.5) is 0 Å². The molecular formula is C16H31N3. The fraction of sp³-hybridized carbons (Fsp3) is 0.875. The van der Waals surface area contributed by atoms with Crippen molar-refractivity contribution in [3.63, 3.8) is 0 Å². The Morgan fingerprint density at radius 3 is 2.21 bits per heavy atom. The molecule has 0 aromatic rings. The van der Waals surface area contributed by atoms with Crippen LogP contribution in [0, 0.1) is 11.3 Å². The lowest BCUT2D eigenvalue weighted by atomic mass is 9.72. The maximum absolute atomic E-state index is 3.45. The van der Waals surface area contributed by atoms with Gasteiger partial charge in [0.05, 0.1) is 0 Å². The zero-order chi connectivity index (χ0) is 13.7. The molecule has 0 aliphatic carbocycles. The monoisotopic (exact) mass is 265 g/mol. The first-order valence-corrected chi connectivity index (χ1v) is 7.94. The first kappa shape index (κ1) is 15.0. The standard InChI is InChI=1S/C13H25N3.C3H6/c1-2-15-8-13(9-15)10-16(11-13)7-12-3-5-14-6-4-12;1-3-2/h12,14H,2-11H2,1H3;3H,1H2,2H3. The van der Waals surface area contributed by atoms with E-state index in [1.807, 2.05) is 6.92 Å². The molecule has 0 unspecified atom stereocenters. The minimum atomic E-state index is 0.725. The van der Waals surface area contributed by atoms with Gasteiger partial charge in [-0.1, -0.05) is 13.0 Å². The molecule has 3 rings (SSSR count). The molecular weight excluding hydrogens is 234 g/mol. The van der Waals surface area contributed by atoms with Gasteiger partial charge in [-0.15, -0.1) is 6.58 Å². The zero-order valence-electron chi connectivity index (χ0n) is 12.8. The Morgan fingerprint density at radius 1 is 1.16 bits per heavy atom. The summed E-state index contributed by atoms with van der Waals surface area (Å²) in [4.78, 5) is 5.27. The number of nitrogens with one attached hydrogen (secondary N) is 1. The molecule has 3 heterocycles. The molecule has 3 nitrogen and oxygen atoms in total. The second-order valence-corrected chi connectivity index (χ2v) is 6.57. The average Bonchev–Trinajstić information content (AvgIpc) is 2.33. The van der Waals surface area contributed by atoms with Crippen LogP contribution in [0.5, 0.6) is 0 Å². The summed E-state index contributed by atoms with van der Waals surface area (Å²) in [7, 11) is 0. The fourth-order valence-corrected chi connectivity index (χ4v) is 3.79. The molecule has 3 heteroatoms. The minimum Gasteiger partial charge on any atom is -0.317 e. The van der Waals surface area contributed by atoms with Crippen LogP contribution in [-0.2, 0) is 0 Å². The SMILES string of the molecule is C=CC.CCN1CC2(C1)CN(CC1CCNCC1)C2. The van der Waals surface area contributed by atoms with E-state index in [1.54, 1.807) is 6.08 Å². The highest BCUT2D eigenvalue weighted by Gasteiger charge is 2.50. The normalized spacial score (nSPS) is 27.1. The lowest BCUT2D eigenvalue weighted by Gasteiger charge is -2.61. The smallest absolute Gasteiger partial charge is 0.0212 e. The van der Waals surface area contributed by atoms with Crippen molar-refractivity contribution >= 4 is 0 Å². The van der Waals surface area contributed by atoms with Crippen LogP contribution >= 0.6 is 0 Å². The number of piperidine rings is 1. The molecule has 3 aliphatic rings. The maximum Gasteiger partial charge on any atom is 0.0212 e. The van der Waals surface area contributed by atoms with Crippen molar-refractivity contribution in [3.05, 3.63) is 12.7 Å². The van der Waals surface area contributed by atoms with Crippen molar-refractivity contribution in [2.45, 2.75) is 26.7 Å². The molecule has 0 saturated carbocycles. The third kappa shape index (κ3) is 3.80. The lowest BCUT2D eigenvalue weighted by Crippen LogP contribution is -2.72. The van der Waals surface area contributed by atoms with Crippen LogP contribution in [0.25, 0.3) is 0 Å². The molecule has 0 radical (unpaired) electrons. The highest BCUT2D eigenvalue weighted by atomic mass is 15.3. The van der Waals surface area contributed by atoms with E-state index in [-0.39, 0.29) is 0 Å². The Bertz CT molecular complexity index is 270. The molecule has 3 fully saturated rings. The summed E-state index contributed by atoms with van der Waals surface area (Å²) < 4.78 is 0. The van der Waals surface area contributed by atoms with Crippen LogP contribution < -0.4 is 5.32 Å². The molecule has 3 saturated heterocycles. The van der Waals surface area contributed by atoms with Gasteiger partial charge in [-0.05, 0) is 45.3 Å². The van der Waals surface area contributed by atoms with Crippen LogP contribution in [0.1, 0.15) is 26.7 Å². The predicted octanol–water partition coefficient (Wildman–Crippen LogP) is 1.82. The number of nitrogens with zero attached hydrogens (tertiary/aromatic N) is 2. The van der Waals surface area contributed by atoms with Gasteiger partial charge in [0.25, 0.3) is 0 Å². The Morgan fingerprint density at radius 2 is 1.68 bits per heavy atom. The second kappa shape index (κ2) is 6.87. The van der Waals surface area contributed by atoms with Crippen molar-refractivity contribution in [1.82, 2.24) is 15.1 Å². The van der Waals surface area contributed by atoms with Crippen molar-refractivity contribution < 1.29 is 0 Å². The molecule has 110 valence electrons. The number of hydrogen-bond donors (Lipinski definition) is 1. The number of allylic oxidation sites excluding steroid dienone is 1. The van der Waals surface area contributed by atoms with Gasteiger partial charge in [-0.25, -0.2) is 0 Å². The van der Waals surface area contributed by atoms with E-state index in [0.29, 0.717) is 0 Å². The van der Waals surface area contributed by atoms with Crippen molar-refractivity contribution in [3.8, 4) is 0 Å². The Kier molecular flexibility index (Phi) is 5.43. The first-order chi connectivity index (χ1) is 9.21. The maximum atomic E-state index is 3.45. The van der Waals surface area contributed by atoms with Gasteiger partial charge in [0, 0.05) is 38.1 Å². The summed E-state index contributed by atoms with van der Waals surface area (Å²) in [6.45, 7) is 18.1. The first-order valence-electron chi connectivity index (χ1n) is 7.94. The van der Waals surface area contributed by atoms with E-state index in [2.05, 4.69) is 28.6 Å². The number of likely N-dealkylation sites (tertiary alicyclic amines) is 2. The fourth-order valence-electron chi connectivity index (χ4n) is 3.79. The molecule has 19 heavy (non-hydrogen) atoms. The van der Waals surface area contributed by atoms with Crippen molar-refractivity contribution in [2.24, 2.45) is 11.3 Å². The van der Waals surface area contributed by atoms with E-state index < -0.39 is 0 Å². The molecule has 3 aliphatic heterocycles. The zero-order valence-corrected chi connectivity index (χ0v) is 12.8. The van der Waals surface area contributed by atoms with Gasteiger partial charge >= 0.3 is 0 Å². The number of rotatable bonds is 3. The summed E-state index contributed by atoms with van der Waals surface area (Å²) in [6, 6.07) is 0. The molecule has 0 amide bonds. The van der Waals surface area contributed by atoms with Gasteiger partial charge < -0.3 is 15.1 Å².